The fourth-order valence-corrected chi connectivity index (χ4v) is 4.94. The van der Waals surface area contributed by atoms with Gasteiger partial charge in [0.1, 0.15) is 0 Å². The van der Waals surface area contributed by atoms with Gasteiger partial charge in [-0.05, 0) is 56.2 Å². The Kier molecular flexibility index (Phi) is 3.54. The molecule has 0 spiro atoms. The van der Waals surface area contributed by atoms with Gasteiger partial charge in [0.05, 0.1) is 11.4 Å². The van der Waals surface area contributed by atoms with Crippen molar-refractivity contribution in [1.29, 1.82) is 0 Å². The smallest absolute Gasteiger partial charge is 0.194 e. The van der Waals surface area contributed by atoms with E-state index in [4.69, 9.17) is 10.7 Å². The summed E-state index contributed by atoms with van der Waals surface area (Å²) < 4.78 is 2.34. The number of hydrogen-bond acceptors (Lipinski definition) is 3. The predicted molar refractivity (Wildman–Crippen MR) is 97.1 cm³/mol. The highest BCUT2D eigenvalue weighted by molar-refractivity contribution is 7.17. The van der Waals surface area contributed by atoms with Crippen molar-refractivity contribution in [3.63, 3.8) is 0 Å². The van der Waals surface area contributed by atoms with Gasteiger partial charge in [-0.2, -0.15) is 0 Å². The molecule has 1 atom stereocenters. The van der Waals surface area contributed by atoms with Gasteiger partial charge in [-0.25, -0.2) is 4.98 Å². The molecule has 0 saturated carbocycles. The Labute approximate surface area is 141 Å². The Bertz CT molecular complexity index is 888. The van der Waals surface area contributed by atoms with E-state index in [1.54, 1.807) is 0 Å². The summed E-state index contributed by atoms with van der Waals surface area (Å²) in [7, 11) is 0. The van der Waals surface area contributed by atoms with E-state index in [-0.39, 0.29) is 0 Å². The standard InChI is InChI=1S/C19H23N3S/c1-11-4-7-15-17(8-11)23-19-21-18(16(10-20)22(15)19)14-6-5-12(2)13(3)9-14/h5-6,9,11H,4,7-8,10,20H2,1-3H3. The molecule has 1 aliphatic carbocycles. The summed E-state index contributed by atoms with van der Waals surface area (Å²) in [6.07, 6.45) is 3.60. The monoisotopic (exact) mass is 325 g/mol. The van der Waals surface area contributed by atoms with E-state index < -0.39 is 0 Å². The Morgan fingerprint density at radius 3 is 2.87 bits per heavy atom. The van der Waals surface area contributed by atoms with Gasteiger partial charge in [0.2, 0.25) is 0 Å². The second-order valence-corrected chi connectivity index (χ2v) is 7.91. The van der Waals surface area contributed by atoms with Gasteiger partial charge in [-0.1, -0.05) is 19.1 Å². The van der Waals surface area contributed by atoms with Gasteiger partial charge in [-0.15, -0.1) is 11.3 Å². The lowest BCUT2D eigenvalue weighted by Gasteiger charge is -2.18. The lowest BCUT2D eigenvalue weighted by Crippen LogP contribution is -2.13. The first-order chi connectivity index (χ1) is 11.1. The molecule has 0 saturated heterocycles. The van der Waals surface area contributed by atoms with E-state index in [9.17, 15) is 0 Å². The third-order valence-corrected chi connectivity index (χ3v) is 6.23. The van der Waals surface area contributed by atoms with Gasteiger partial charge < -0.3 is 5.73 Å². The van der Waals surface area contributed by atoms with Crippen molar-refractivity contribution < 1.29 is 0 Å². The fourth-order valence-electron chi connectivity index (χ4n) is 3.59. The lowest BCUT2D eigenvalue weighted by molar-refractivity contribution is 0.498. The maximum Gasteiger partial charge on any atom is 0.194 e. The van der Waals surface area contributed by atoms with Crippen molar-refractivity contribution >= 4 is 16.3 Å². The molecular weight excluding hydrogens is 302 g/mol. The molecule has 2 aromatic heterocycles. The molecule has 0 fully saturated rings. The molecule has 4 rings (SSSR count). The molecular formula is C19H23N3S. The molecule has 0 aliphatic heterocycles. The van der Waals surface area contributed by atoms with Crippen molar-refractivity contribution in [2.45, 2.75) is 46.6 Å². The third-order valence-electron chi connectivity index (χ3n) is 5.13. The number of thiazole rings is 1. The number of fused-ring (bicyclic) bond motifs is 3. The zero-order valence-corrected chi connectivity index (χ0v) is 14.8. The van der Waals surface area contributed by atoms with Crippen LogP contribution in [0, 0.1) is 19.8 Å². The molecule has 1 aromatic carbocycles. The van der Waals surface area contributed by atoms with Gasteiger partial charge >= 0.3 is 0 Å². The third kappa shape index (κ3) is 2.32. The van der Waals surface area contributed by atoms with Gasteiger partial charge in [-0.3, -0.25) is 4.40 Å². The molecule has 120 valence electrons. The van der Waals surface area contributed by atoms with Crippen LogP contribution in [0.15, 0.2) is 18.2 Å². The van der Waals surface area contributed by atoms with Gasteiger partial charge in [0.15, 0.2) is 4.96 Å². The number of hydrogen-bond donors (Lipinski definition) is 1. The Hall–Kier alpha value is -1.65. The highest BCUT2D eigenvalue weighted by Gasteiger charge is 2.24. The highest BCUT2D eigenvalue weighted by Crippen LogP contribution is 2.36. The van der Waals surface area contributed by atoms with Crippen LogP contribution < -0.4 is 5.73 Å². The van der Waals surface area contributed by atoms with Crippen molar-refractivity contribution in [2.24, 2.45) is 11.7 Å². The minimum Gasteiger partial charge on any atom is -0.325 e. The van der Waals surface area contributed by atoms with E-state index in [1.165, 1.54) is 40.1 Å². The van der Waals surface area contributed by atoms with Crippen LogP contribution in [0.2, 0.25) is 0 Å². The van der Waals surface area contributed by atoms with Crippen LogP contribution in [-0.4, -0.2) is 9.38 Å². The van der Waals surface area contributed by atoms with E-state index in [0.29, 0.717) is 6.54 Å². The maximum absolute atomic E-state index is 6.13. The molecule has 2 heterocycles. The van der Waals surface area contributed by atoms with Crippen molar-refractivity contribution in [3.8, 4) is 11.3 Å². The first kappa shape index (κ1) is 14.9. The number of imidazole rings is 1. The van der Waals surface area contributed by atoms with Crippen LogP contribution in [-0.2, 0) is 19.4 Å². The van der Waals surface area contributed by atoms with E-state index in [0.717, 1.165) is 28.7 Å². The first-order valence-electron chi connectivity index (χ1n) is 8.38. The fraction of sp³-hybridized carbons (Fsp3) is 0.421. The number of rotatable bonds is 2. The highest BCUT2D eigenvalue weighted by atomic mass is 32.1. The average Bonchev–Trinajstić information content (AvgIpc) is 3.04. The average molecular weight is 325 g/mol. The molecule has 2 N–H and O–H groups in total. The summed E-state index contributed by atoms with van der Waals surface area (Å²) in [6.45, 7) is 7.17. The minimum atomic E-state index is 0.530. The summed E-state index contributed by atoms with van der Waals surface area (Å²) in [5, 5.41) is 0. The van der Waals surface area contributed by atoms with Crippen molar-refractivity contribution in [2.75, 3.05) is 0 Å². The predicted octanol–water partition coefficient (Wildman–Crippen LogP) is 4.26. The van der Waals surface area contributed by atoms with E-state index in [1.807, 2.05) is 11.3 Å². The van der Waals surface area contributed by atoms with Crippen molar-refractivity contribution in [3.05, 3.63) is 45.6 Å². The van der Waals surface area contributed by atoms with Gasteiger partial charge in [0.25, 0.3) is 0 Å². The number of benzene rings is 1. The molecule has 1 aliphatic rings. The van der Waals surface area contributed by atoms with E-state index >= 15 is 0 Å². The van der Waals surface area contributed by atoms with Crippen LogP contribution in [0.3, 0.4) is 0 Å². The van der Waals surface area contributed by atoms with Crippen LogP contribution in [0.4, 0.5) is 0 Å². The zero-order chi connectivity index (χ0) is 16.1. The Morgan fingerprint density at radius 1 is 1.30 bits per heavy atom. The first-order valence-corrected chi connectivity index (χ1v) is 9.19. The normalized spacial score (nSPS) is 17.7. The molecule has 0 bridgehead atoms. The zero-order valence-electron chi connectivity index (χ0n) is 14.0. The molecule has 0 radical (unpaired) electrons. The summed E-state index contributed by atoms with van der Waals surface area (Å²) in [6, 6.07) is 6.58. The summed E-state index contributed by atoms with van der Waals surface area (Å²) >= 11 is 1.85. The SMILES string of the molecule is Cc1ccc(-c2nc3sc4c(n3c2CN)CCC(C)C4)cc1C. The number of aromatic nitrogens is 2. The maximum atomic E-state index is 6.13. The minimum absolute atomic E-state index is 0.530. The molecule has 3 aromatic rings. The Morgan fingerprint density at radius 2 is 2.13 bits per heavy atom. The molecule has 23 heavy (non-hydrogen) atoms. The molecule has 1 unspecified atom stereocenters. The number of nitrogens with zero attached hydrogens (tertiary/aromatic N) is 2. The quantitative estimate of drug-likeness (QED) is 0.765. The molecule has 0 amide bonds. The second kappa shape index (κ2) is 5.46. The number of nitrogens with two attached hydrogens (primary N) is 1. The van der Waals surface area contributed by atoms with Crippen molar-refractivity contribution in [1.82, 2.24) is 9.38 Å². The largest absolute Gasteiger partial charge is 0.325 e. The van der Waals surface area contributed by atoms with Crippen LogP contribution in [0.1, 0.15) is 40.7 Å². The molecule has 4 heteroatoms. The van der Waals surface area contributed by atoms with Gasteiger partial charge in [0, 0.05) is 22.7 Å². The van der Waals surface area contributed by atoms with Crippen LogP contribution in [0.5, 0.6) is 0 Å². The van der Waals surface area contributed by atoms with Crippen LogP contribution >= 0.6 is 11.3 Å². The number of aryl methyl sites for hydroxylation is 3. The molecule has 3 nitrogen and oxygen atoms in total. The summed E-state index contributed by atoms with van der Waals surface area (Å²) in [5.74, 6) is 0.784. The lowest BCUT2D eigenvalue weighted by atomic mass is 9.93. The summed E-state index contributed by atoms with van der Waals surface area (Å²) in [5.41, 5.74) is 13.6. The van der Waals surface area contributed by atoms with E-state index in [2.05, 4.69) is 43.4 Å². The summed E-state index contributed by atoms with van der Waals surface area (Å²) in [4.78, 5) is 7.57. The Balaban J connectivity index is 1.91. The van der Waals surface area contributed by atoms with Crippen LogP contribution in [0.25, 0.3) is 16.2 Å². The second-order valence-electron chi connectivity index (χ2n) is 6.85. The topological polar surface area (TPSA) is 43.3 Å².